The molecule has 0 saturated heterocycles. The Morgan fingerprint density at radius 1 is 1.48 bits per heavy atom. The Bertz CT molecular complexity index is 737. The Morgan fingerprint density at radius 3 is 2.81 bits per heavy atom. The van der Waals surface area contributed by atoms with E-state index in [1.807, 2.05) is 6.07 Å². The van der Waals surface area contributed by atoms with Crippen LogP contribution in [0.5, 0.6) is 5.75 Å². The zero-order valence-corrected chi connectivity index (χ0v) is 11.1. The molecule has 1 aromatic heterocycles. The summed E-state index contributed by atoms with van der Waals surface area (Å²) in [6.45, 7) is 0. The molecule has 0 aliphatic rings. The maximum absolute atomic E-state index is 10.8. The lowest BCUT2D eigenvalue weighted by molar-refractivity contribution is 0.0696. The first-order valence-corrected chi connectivity index (χ1v) is 5.89. The fraction of sp³-hybridized carbons (Fsp3) is 0.0714. The van der Waals surface area contributed by atoms with E-state index < -0.39 is 5.97 Å². The molecule has 0 atom stereocenters. The first-order valence-electron chi connectivity index (χ1n) is 5.89. The number of carboxylic acid groups (broad SMARTS) is 1. The number of nitrogens with zero attached hydrogens (tertiary/aromatic N) is 2. The first kappa shape index (κ1) is 14.1. The number of hydrogen-bond acceptors (Lipinski definition) is 6. The molecule has 2 rings (SSSR count). The number of hydrogen-bond donors (Lipinski definition) is 3. The van der Waals surface area contributed by atoms with E-state index in [0.29, 0.717) is 22.8 Å². The Morgan fingerprint density at radius 2 is 2.24 bits per heavy atom. The molecule has 2 aromatic rings. The van der Waals surface area contributed by atoms with Gasteiger partial charge in [0.25, 0.3) is 0 Å². The molecule has 1 aromatic carbocycles. The van der Waals surface area contributed by atoms with Crippen molar-refractivity contribution >= 4 is 23.2 Å². The molecule has 0 fully saturated rings. The molecule has 0 unspecified atom stereocenters. The molecular formula is C14H12N4O3. The van der Waals surface area contributed by atoms with Gasteiger partial charge in [-0.25, -0.2) is 9.78 Å². The van der Waals surface area contributed by atoms with Crippen LogP contribution in [0.15, 0.2) is 30.5 Å². The molecule has 1 heterocycles. The zero-order valence-electron chi connectivity index (χ0n) is 11.1. The van der Waals surface area contributed by atoms with Gasteiger partial charge in [0.15, 0.2) is 5.82 Å². The van der Waals surface area contributed by atoms with Crippen LogP contribution in [0.3, 0.4) is 0 Å². The van der Waals surface area contributed by atoms with E-state index in [0.717, 1.165) is 0 Å². The summed E-state index contributed by atoms with van der Waals surface area (Å²) in [5, 5.41) is 20.7. The summed E-state index contributed by atoms with van der Waals surface area (Å²) < 4.78 is 5.19. The molecule has 0 amide bonds. The number of nitrogens with two attached hydrogens (primary N) is 1. The molecular weight excluding hydrogens is 272 g/mol. The minimum Gasteiger partial charge on any atom is -0.495 e. The van der Waals surface area contributed by atoms with Crippen molar-refractivity contribution in [2.24, 2.45) is 0 Å². The second kappa shape index (κ2) is 5.79. The largest absolute Gasteiger partial charge is 0.495 e. The molecule has 106 valence electrons. The van der Waals surface area contributed by atoms with Crippen molar-refractivity contribution in [1.82, 2.24) is 4.98 Å². The van der Waals surface area contributed by atoms with Gasteiger partial charge in [-0.05, 0) is 18.2 Å². The van der Waals surface area contributed by atoms with Crippen molar-refractivity contribution in [3.8, 4) is 11.8 Å². The molecule has 7 nitrogen and oxygen atoms in total. The third kappa shape index (κ3) is 3.01. The molecule has 0 aliphatic carbocycles. The minimum absolute atomic E-state index is 0.00448. The van der Waals surface area contributed by atoms with E-state index in [1.54, 1.807) is 18.2 Å². The lowest BCUT2D eigenvalue weighted by Gasteiger charge is -2.12. The quantitative estimate of drug-likeness (QED) is 0.784. The van der Waals surface area contributed by atoms with E-state index in [4.69, 9.17) is 20.8 Å². The summed E-state index contributed by atoms with van der Waals surface area (Å²) >= 11 is 0. The molecule has 0 aliphatic heterocycles. The third-order valence-corrected chi connectivity index (χ3v) is 2.75. The van der Waals surface area contributed by atoms with E-state index >= 15 is 0 Å². The number of nitrogen functional groups attached to an aromatic ring is 1. The number of nitrogens with one attached hydrogen (secondary N) is 1. The Kier molecular flexibility index (Phi) is 3.90. The Balaban J connectivity index is 2.34. The second-order valence-corrected chi connectivity index (χ2v) is 4.12. The normalized spacial score (nSPS) is 9.71. The minimum atomic E-state index is -1.10. The van der Waals surface area contributed by atoms with E-state index in [9.17, 15) is 4.79 Å². The first-order chi connectivity index (χ1) is 10.0. The molecule has 0 radical (unpaired) electrons. The van der Waals surface area contributed by atoms with Crippen LogP contribution in [0.4, 0.5) is 17.2 Å². The average Bonchev–Trinajstić information content (AvgIpc) is 2.49. The van der Waals surface area contributed by atoms with Crippen LogP contribution in [0.1, 0.15) is 15.9 Å². The van der Waals surface area contributed by atoms with Gasteiger partial charge < -0.3 is 20.9 Å². The van der Waals surface area contributed by atoms with E-state index in [1.165, 1.54) is 19.4 Å². The van der Waals surface area contributed by atoms with Crippen molar-refractivity contribution < 1.29 is 14.6 Å². The van der Waals surface area contributed by atoms with Crippen molar-refractivity contribution in [1.29, 1.82) is 5.26 Å². The lowest BCUT2D eigenvalue weighted by Crippen LogP contribution is -2.04. The van der Waals surface area contributed by atoms with Crippen LogP contribution in [-0.2, 0) is 0 Å². The number of aromatic carboxylic acids is 1. The van der Waals surface area contributed by atoms with Crippen LogP contribution in [-0.4, -0.2) is 23.2 Å². The number of rotatable bonds is 4. The highest BCUT2D eigenvalue weighted by atomic mass is 16.5. The van der Waals surface area contributed by atoms with E-state index in [2.05, 4.69) is 10.3 Å². The van der Waals surface area contributed by atoms with Gasteiger partial charge in [0.2, 0.25) is 0 Å². The monoisotopic (exact) mass is 284 g/mol. The summed E-state index contributed by atoms with van der Waals surface area (Å²) in [4.78, 5) is 14.8. The maximum Gasteiger partial charge on any atom is 0.337 e. The number of benzene rings is 1. The number of methoxy groups -OCH3 is 1. The number of anilines is 3. The summed E-state index contributed by atoms with van der Waals surface area (Å²) in [5.41, 5.74) is 7.00. The average molecular weight is 284 g/mol. The predicted molar refractivity (Wildman–Crippen MR) is 76.6 cm³/mol. The van der Waals surface area contributed by atoms with Crippen LogP contribution in [0.2, 0.25) is 0 Å². The standard InChI is InChI=1S/C14H12N4O3/c1-21-12-4-8(6-15)2-3-11(12)18-13-10(16)5-9(7-17-13)14(19)20/h2-5,7H,16H2,1H3,(H,17,18)(H,19,20). The molecule has 0 bridgehead atoms. The molecule has 4 N–H and O–H groups in total. The fourth-order valence-corrected chi connectivity index (χ4v) is 1.69. The highest BCUT2D eigenvalue weighted by Crippen LogP contribution is 2.30. The predicted octanol–water partition coefficient (Wildman–Crippen LogP) is 1.99. The van der Waals surface area contributed by atoms with Gasteiger partial charge in [-0.1, -0.05) is 0 Å². The van der Waals surface area contributed by atoms with Gasteiger partial charge in [0.1, 0.15) is 5.75 Å². The van der Waals surface area contributed by atoms with Gasteiger partial charge in [0, 0.05) is 12.3 Å². The van der Waals surface area contributed by atoms with Crippen molar-refractivity contribution in [2.75, 3.05) is 18.2 Å². The lowest BCUT2D eigenvalue weighted by atomic mass is 10.2. The molecule has 21 heavy (non-hydrogen) atoms. The van der Waals surface area contributed by atoms with Gasteiger partial charge >= 0.3 is 5.97 Å². The summed E-state index contributed by atoms with van der Waals surface area (Å²) in [6, 6.07) is 8.17. The number of carboxylic acids is 1. The smallest absolute Gasteiger partial charge is 0.337 e. The number of carbonyl (C=O) groups is 1. The maximum atomic E-state index is 10.8. The van der Waals surface area contributed by atoms with Gasteiger partial charge in [-0.2, -0.15) is 5.26 Å². The van der Waals surface area contributed by atoms with Crippen LogP contribution < -0.4 is 15.8 Å². The van der Waals surface area contributed by atoms with Crippen LogP contribution >= 0.6 is 0 Å². The topological polar surface area (TPSA) is 121 Å². The second-order valence-electron chi connectivity index (χ2n) is 4.12. The number of ether oxygens (including phenoxy) is 1. The zero-order chi connectivity index (χ0) is 15.4. The van der Waals surface area contributed by atoms with Gasteiger partial charge in [-0.3, -0.25) is 0 Å². The summed E-state index contributed by atoms with van der Waals surface area (Å²) in [6.07, 6.45) is 1.21. The third-order valence-electron chi connectivity index (χ3n) is 2.75. The Labute approximate surface area is 120 Å². The number of pyridine rings is 1. The molecule has 0 saturated carbocycles. The highest BCUT2D eigenvalue weighted by molar-refractivity contribution is 5.89. The fourth-order valence-electron chi connectivity index (χ4n) is 1.69. The number of nitriles is 1. The van der Waals surface area contributed by atoms with Gasteiger partial charge in [-0.15, -0.1) is 0 Å². The number of aromatic nitrogens is 1. The van der Waals surface area contributed by atoms with Crippen LogP contribution in [0.25, 0.3) is 0 Å². The summed E-state index contributed by atoms with van der Waals surface area (Å²) in [5.74, 6) is -0.336. The summed E-state index contributed by atoms with van der Waals surface area (Å²) in [7, 11) is 1.48. The van der Waals surface area contributed by atoms with Crippen LogP contribution in [0, 0.1) is 11.3 Å². The molecule has 7 heteroatoms. The van der Waals surface area contributed by atoms with Crippen molar-refractivity contribution in [3.05, 3.63) is 41.6 Å². The van der Waals surface area contributed by atoms with Gasteiger partial charge in [0.05, 0.1) is 35.7 Å². The molecule has 0 spiro atoms. The SMILES string of the molecule is COc1cc(C#N)ccc1Nc1ncc(C(=O)O)cc1N. The van der Waals surface area contributed by atoms with Crippen molar-refractivity contribution in [2.45, 2.75) is 0 Å². The van der Waals surface area contributed by atoms with Crippen molar-refractivity contribution in [3.63, 3.8) is 0 Å². The van der Waals surface area contributed by atoms with E-state index in [-0.39, 0.29) is 11.3 Å². The highest BCUT2D eigenvalue weighted by Gasteiger charge is 2.10. The Hall–Kier alpha value is -3.27.